The van der Waals surface area contributed by atoms with Crippen molar-refractivity contribution < 1.29 is 29.0 Å². The van der Waals surface area contributed by atoms with Gasteiger partial charge in [-0.3, -0.25) is 9.59 Å². The number of nitrogens with one attached hydrogen (secondary N) is 1. The molecular weight excluding hydrogens is 307 g/mol. The van der Waals surface area contributed by atoms with Gasteiger partial charge in [0.2, 0.25) is 0 Å². The lowest BCUT2D eigenvalue weighted by atomic mass is 10.1. The molecule has 1 aromatic rings. The highest BCUT2D eigenvalue weighted by molar-refractivity contribution is 6.32. The number of pyridine rings is 1. The Kier molecular flexibility index (Phi) is 6.04. The summed E-state index contributed by atoms with van der Waals surface area (Å²) in [6.07, 6.45) is 0.595. The van der Waals surface area contributed by atoms with Crippen molar-refractivity contribution in [2.75, 3.05) is 0 Å². The largest absolute Gasteiger partial charge is 0.481 e. The number of carboxylic acids is 2. The summed E-state index contributed by atoms with van der Waals surface area (Å²) in [7, 11) is 0. The van der Waals surface area contributed by atoms with E-state index in [1.54, 1.807) is 0 Å². The first-order valence-corrected chi connectivity index (χ1v) is 6.25. The van der Waals surface area contributed by atoms with Crippen LogP contribution in [0.5, 0.6) is 0 Å². The third-order valence-corrected chi connectivity index (χ3v) is 2.84. The Morgan fingerprint density at radius 3 is 2.62 bits per heavy atom. The van der Waals surface area contributed by atoms with Gasteiger partial charge in [0.15, 0.2) is 0 Å². The van der Waals surface area contributed by atoms with Crippen LogP contribution in [0.1, 0.15) is 29.6 Å². The van der Waals surface area contributed by atoms with Crippen LogP contribution in [0.15, 0.2) is 12.3 Å². The number of nitrogens with zero attached hydrogens (tertiary/aromatic N) is 1. The maximum absolute atomic E-state index is 13.0. The molecule has 0 aliphatic carbocycles. The molecular formula is C12H12ClFN2O5. The lowest BCUT2D eigenvalue weighted by Gasteiger charge is -2.14. The van der Waals surface area contributed by atoms with E-state index in [4.69, 9.17) is 21.8 Å². The van der Waals surface area contributed by atoms with Gasteiger partial charge in [-0.1, -0.05) is 11.6 Å². The molecule has 114 valence electrons. The molecule has 0 spiro atoms. The Bertz CT molecular complexity index is 567. The van der Waals surface area contributed by atoms with Crippen LogP contribution in [0.2, 0.25) is 5.15 Å². The molecule has 1 amide bonds. The van der Waals surface area contributed by atoms with Gasteiger partial charge in [0.1, 0.15) is 17.0 Å². The number of aromatic nitrogens is 1. The maximum Gasteiger partial charge on any atom is 0.326 e. The van der Waals surface area contributed by atoms with Crippen LogP contribution in [0.25, 0.3) is 0 Å². The minimum atomic E-state index is -1.32. The van der Waals surface area contributed by atoms with Crippen molar-refractivity contribution in [2.24, 2.45) is 0 Å². The summed E-state index contributed by atoms with van der Waals surface area (Å²) in [5.74, 6) is -4.07. The zero-order valence-corrected chi connectivity index (χ0v) is 11.4. The van der Waals surface area contributed by atoms with Crippen LogP contribution >= 0.6 is 11.6 Å². The first-order chi connectivity index (χ1) is 9.81. The average molecular weight is 319 g/mol. The van der Waals surface area contributed by atoms with Crippen LogP contribution in [-0.2, 0) is 9.59 Å². The molecule has 9 heteroatoms. The SMILES string of the molecule is O=C(O)CCC[C@@H](NC(=O)c1cc(F)cnc1Cl)C(=O)O. The molecule has 1 atom stereocenters. The van der Waals surface area contributed by atoms with Crippen molar-refractivity contribution in [3.05, 3.63) is 28.8 Å². The summed E-state index contributed by atoms with van der Waals surface area (Å²) >= 11 is 5.64. The zero-order chi connectivity index (χ0) is 16.0. The van der Waals surface area contributed by atoms with Crippen LogP contribution in [0.4, 0.5) is 4.39 Å². The predicted octanol–water partition coefficient (Wildman–Crippen LogP) is 1.31. The molecule has 0 aliphatic heterocycles. The lowest BCUT2D eigenvalue weighted by molar-refractivity contribution is -0.140. The topological polar surface area (TPSA) is 117 Å². The van der Waals surface area contributed by atoms with Gasteiger partial charge in [0.25, 0.3) is 5.91 Å². The fraction of sp³-hybridized carbons (Fsp3) is 0.333. The highest BCUT2D eigenvalue weighted by Crippen LogP contribution is 2.14. The molecule has 0 fully saturated rings. The number of aliphatic carboxylic acids is 2. The quantitative estimate of drug-likeness (QED) is 0.653. The molecule has 1 rings (SSSR count). The number of carbonyl (C=O) groups is 3. The Balaban J connectivity index is 2.74. The Morgan fingerprint density at radius 1 is 1.38 bits per heavy atom. The summed E-state index contributed by atoms with van der Waals surface area (Å²) in [4.78, 5) is 36.7. The highest BCUT2D eigenvalue weighted by Gasteiger charge is 2.22. The molecule has 0 aromatic carbocycles. The summed E-state index contributed by atoms with van der Waals surface area (Å²) in [6.45, 7) is 0. The lowest BCUT2D eigenvalue weighted by Crippen LogP contribution is -2.41. The molecule has 3 N–H and O–H groups in total. The second-order valence-electron chi connectivity index (χ2n) is 4.14. The van der Waals surface area contributed by atoms with Gasteiger partial charge in [-0.05, 0) is 18.9 Å². The fourth-order valence-corrected chi connectivity index (χ4v) is 1.72. The molecule has 0 saturated heterocycles. The molecule has 0 unspecified atom stereocenters. The first kappa shape index (κ1) is 16.8. The van der Waals surface area contributed by atoms with Gasteiger partial charge < -0.3 is 15.5 Å². The normalized spacial score (nSPS) is 11.7. The van der Waals surface area contributed by atoms with E-state index in [0.29, 0.717) is 0 Å². The van der Waals surface area contributed by atoms with E-state index in [9.17, 15) is 18.8 Å². The molecule has 7 nitrogen and oxygen atoms in total. The molecule has 1 heterocycles. The minimum Gasteiger partial charge on any atom is -0.481 e. The summed E-state index contributed by atoms with van der Waals surface area (Å²) < 4.78 is 13.0. The molecule has 1 aromatic heterocycles. The summed E-state index contributed by atoms with van der Waals surface area (Å²) in [5, 5.41) is 19.4. The summed E-state index contributed by atoms with van der Waals surface area (Å²) in [6, 6.07) is -0.461. The van der Waals surface area contributed by atoms with Crippen LogP contribution in [0, 0.1) is 5.82 Å². The van der Waals surface area contributed by atoms with E-state index in [1.807, 2.05) is 0 Å². The Hall–Kier alpha value is -2.22. The van der Waals surface area contributed by atoms with E-state index in [0.717, 1.165) is 12.3 Å². The average Bonchev–Trinajstić information content (AvgIpc) is 2.39. The van der Waals surface area contributed by atoms with Crippen molar-refractivity contribution in [3.8, 4) is 0 Å². The standard InChI is InChI=1S/C12H12ClFN2O5/c13-10-7(4-6(14)5-15-10)11(19)16-8(12(20)21)2-1-3-9(17)18/h4-5,8H,1-3H2,(H,16,19)(H,17,18)(H,20,21)/t8-/m1/s1. The fourth-order valence-electron chi connectivity index (χ4n) is 1.53. The third-order valence-electron chi connectivity index (χ3n) is 2.54. The number of carboxylic acid groups (broad SMARTS) is 2. The third kappa shape index (κ3) is 5.35. The van der Waals surface area contributed by atoms with Gasteiger partial charge in [-0.25, -0.2) is 14.2 Å². The van der Waals surface area contributed by atoms with Crippen molar-refractivity contribution >= 4 is 29.4 Å². The van der Waals surface area contributed by atoms with Crippen molar-refractivity contribution in [1.29, 1.82) is 0 Å². The van der Waals surface area contributed by atoms with E-state index >= 15 is 0 Å². The smallest absolute Gasteiger partial charge is 0.326 e. The number of rotatable bonds is 7. The number of amides is 1. The van der Waals surface area contributed by atoms with E-state index in [1.165, 1.54) is 0 Å². The van der Waals surface area contributed by atoms with E-state index < -0.39 is 29.7 Å². The van der Waals surface area contributed by atoms with E-state index in [2.05, 4.69) is 10.3 Å². The van der Waals surface area contributed by atoms with Gasteiger partial charge in [0, 0.05) is 6.42 Å². The first-order valence-electron chi connectivity index (χ1n) is 5.87. The van der Waals surface area contributed by atoms with Crippen LogP contribution in [0.3, 0.4) is 0 Å². The zero-order valence-electron chi connectivity index (χ0n) is 10.7. The van der Waals surface area contributed by atoms with Crippen molar-refractivity contribution in [2.45, 2.75) is 25.3 Å². The second kappa shape index (κ2) is 7.53. The number of halogens is 2. The van der Waals surface area contributed by atoms with Gasteiger partial charge in [0.05, 0.1) is 11.8 Å². The Morgan fingerprint density at radius 2 is 2.05 bits per heavy atom. The maximum atomic E-state index is 13.0. The van der Waals surface area contributed by atoms with Crippen LogP contribution in [-0.4, -0.2) is 39.1 Å². The summed E-state index contributed by atoms with van der Waals surface area (Å²) in [5.41, 5.74) is -0.291. The van der Waals surface area contributed by atoms with Gasteiger partial charge in [-0.2, -0.15) is 0 Å². The monoisotopic (exact) mass is 318 g/mol. The Labute approximate surface area is 123 Å². The molecule has 0 radical (unpaired) electrons. The highest BCUT2D eigenvalue weighted by atomic mass is 35.5. The molecule has 0 bridgehead atoms. The van der Waals surface area contributed by atoms with Crippen molar-refractivity contribution in [3.63, 3.8) is 0 Å². The molecule has 0 saturated carbocycles. The molecule has 21 heavy (non-hydrogen) atoms. The molecule has 0 aliphatic rings. The number of hydrogen-bond acceptors (Lipinski definition) is 4. The predicted molar refractivity (Wildman–Crippen MR) is 69.6 cm³/mol. The van der Waals surface area contributed by atoms with Crippen molar-refractivity contribution in [1.82, 2.24) is 10.3 Å². The van der Waals surface area contributed by atoms with E-state index in [-0.39, 0.29) is 30.0 Å². The van der Waals surface area contributed by atoms with Gasteiger partial charge >= 0.3 is 11.9 Å². The number of hydrogen-bond donors (Lipinski definition) is 3. The second-order valence-corrected chi connectivity index (χ2v) is 4.50. The van der Waals surface area contributed by atoms with Gasteiger partial charge in [-0.15, -0.1) is 0 Å². The number of carbonyl (C=O) groups excluding carboxylic acids is 1. The minimum absolute atomic E-state index is 0.0711. The van der Waals surface area contributed by atoms with Crippen LogP contribution < -0.4 is 5.32 Å².